The number of aryl methyl sites for hydroxylation is 1. The third kappa shape index (κ3) is 3.34. The molecule has 0 radical (unpaired) electrons. The fourth-order valence-electron chi connectivity index (χ4n) is 3.37. The Morgan fingerprint density at radius 1 is 1.00 bits per heavy atom. The van der Waals surface area contributed by atoms with Crippen molar-refractivity contribution in [1.29, 1.82) is 0 Å². The molecule has 2 aromatic carbocycles. The van der Waals surface area contributed by atoms with Gasteiger partial charge in [0.2, 0.25) is 11.9 Å². The summed E-state index contributed by atoms with van der Waals surface area (Å²) in [6.45, 7) is 1.88. The van der Waals surface area contributed by atoms with E-state index in [2.05, 4.69) is 25.3 Å². The van der Waals surface area contributed by atoms with Crippen LogP contribution in [0.2, 0.25) is 0 Å². The number of fused-ring (bicyclic) bond motifs is 2. The van der Waals surface area contributed by atoms with Crippen molar-refractivity contribution in [2.75, 3.05) is 38.5 Å². The van der Waals surface area contributed by atoms with Gasteiger partial charge in [-0.2, -0.15) is 0 Å². The second kappa shape index (κ2) is 7.51. The summed E-state index contributed by atoms with van der Waals surface area (Å²) in [5, 5.41) is 4.38. The second-order valence-corrected chi connectivity index (χ2v) is 6.96. The normalized spacial score (nSPS) is 11.0. The maximum atomic E-state index is 12.7. The van der Waals surface area contributed by atoms with E-state index in [1.807, 2.05) is 44.1 Å². The van der Waals surface area contributed by atoms with Crippen molar-refractivity contribution in [3.63, 3.8) is 0 Å². The number of rotatable bonds is 5. The number of hydrogen-bond acceptors (Lipinski definition) is 8. The molecular weight excluding hydrogens is 384 g/mol. The number of anilines is 3. The molecule has 154 valence electrons. The number of ether oxygens (including phenoxy) is 2. The van der Waals surface area contributed by atoms with Gasteiger partial charge in [0, 0.05) is 25.5 Å². The highest BCUT2D eigenvalue weighted by molar-refractivity contribution is 5.91. The van der Waals surface area contributed by atoms with Crippen molar-refractivity contribution < 1.29 is 9.47 Å². The quantitative estimate of drug-likeness (QED) is 0.521. The molecule has 0 fully saturated rings. The highest BCUT2D eigenvalue weighted by Crippen LogP contribution is 2.33. The summed E-state index contributed by atoms with van der Waals surface area (Å²) in [5.74, 6) is 1.76. The monoisotopic (exact) mass is 406 g/mol. The van der Waals surface area contributed by atoms with Gasteiger partial charge >= 0.3 is 0 Å². The summed E-state index contributed by atoms with van der Waals surface area (Å²) in [4.78, 5) is 30.9. The van der Waals surface area contributed by atoms with Gasteiger partial charge in [0.05, 0.1) is 42.0 Å². The van der Waals surface area contributed by atoms with Gasteiger partial charge < -0.3 is 14.4 Å². The molecule has 2 heterocycles. The maximum Gasteiger partial charge on any atom is 0.262 e. The van der Waals surface area contributed by atoms with E-state index >= 15 is 0 Å². The first-order chi connectivity index (χ1) is 14.4. The SMILES string of the molecule is COc1cc2nc(Nc3nc4cccc(N(C)C)c4c(=O)[nH]3)nc(C)c2cc1OC. The number of methoxy groups -OCH3 is 2. The van der Waals surface area contributed by atoms with Crippen molar-refractivity contribution in [3.8, 4) is 11.5 Å². The average molecular weight is 406 g/mol. The first kappa shape index (κ1) is 19.4. The number of aromatic nitrogens is 4. The van der Waals surface area contributed by atoms with Gasteiger partial charge in [-0.3, -0.25) is 15.1 Å². The lowest BCUT2D eigenvalue weighted by molar-refractivity contribution is 0.355. The lowest BCUT2D eigenvalue weighted by atomic mass is 10.1. The minimum absolute atomic E-state index is 0.240. The largest absolute Gasteiger partial charge is 0.493 e. The number of H-pyrrole nitrogens is 1. The van der Waals surface area contributed by atoms with E-state index in [1.165, 1.54) is 0 Å². The number of benzene rings is 2. The highest BCUT2D eigenvalue weighted by Gasteiger charge is 2.13. The number of hydrogen-bond donors (Lipinski definition) is 2. The Kier molecular flexibility index (Phi) is 4.86. The fraction of sp³-hybridized carbons (Fsp3) is 0.238. The minimum atomic E-state index is -0.240. The number of nitrogens with one attached hydrogen (secondary N) is 2. The van der Waals surface area contributed by atoms with Crippen LogP contribution in [0.5, 0.6) is 11.5 Å². The van der Waals surface area contributed by atoms with Gasteiger partial charge in [-0.25, -0.2) is 15.0 Å². The minimum Gasteiger partial charge on any atom is -0.493 e. The molecular formula is C21H22N6O3. The summed E-state index contributed by atoms with van der Waals surface area (Å²) >= 11 is 0. The van der Waals surface area contributed by atoms with Crippen molar-refractivity contribution in [2.45, 2.75) is 6.92 Å². The van der Waals surface area contributed by atoms with Crippen LogP contribution in [0.25, 0.3) is 21.8 Å². The zero-order chi connectivity index (χ0) is 21.4. The molecule has 2 N–H and O–H groups in total. The lowest BCUT2D eigenvalue weighted by Gasteiger charge is -2.15. The molecule has 0 spiro atoms. The van der Waals surface area contributed by atoms with Crippen LogP contribution in [0.1, 0.15) is 5.69 Å². The van der Waals surface area contributed by atoms with Crippen LogP contribution < -0.4 is 25.2 Å². The molecule has 0 aliphatic rings. The van der Waals surface area contributed by atoms with Gasteiger partial charge in [-0.15, -0.1) is 0 Å². The topological polar surface area (TPSA) is 105 Å². The molecule has 4 rings (SSSR count). The molecule has 0 bridgehead atoms. The van der Waals surface area contributed by atoms with Crippen LogP contribution in [0.4, 0.5) is 17.6 Å². The Morgan fingerprint density at radius 2 is 1.73 bits per heavy atom. The molecule has 0 saturated heterocycles. The van der Waals surface area contributed by atoms with Gasteiger partial charge in [0.25, 0.3) is 5.56 Å². The Morgan fingerprint density at radius 3 is 2.43 bits per heavy atom. The second-order valence-electron chi connectivity index (χ2n) is 6.96. The molecule has 0 unspecified atom stereocenters. The first-order valence-electron chi connectivity index (χ1n) is 9.29. The highest BCUT2D eigenvalue weighted by atomic mass is 16.5. The van der Waals surface area contributed by atoms with Gasteiger partial charge in [0.15, 0.2) is 11.5 Å². The predicted octanol–water partition coefficient (Wildman–Crippen LogP) is 3.00. The van der Waals surface area contributed by atoms with E-state index in [0.29, 0.717) is 33.9 Å². The summed E-state index contributed by atoms with van der Waals surface area (Å²) in [5.41, 5.74) is 2.57. The summed E-state index contributed by atoms with van der Waals surface area (Å²) < 4.78 is 10.7. The smallest absolute Gasteiger partial charge is 0.262 e. The van der Waals surface area contributed by atoms with Gasteiger partial charge in [-0.05, 0) is 25.1 Å². The van der Waals surface area contributed by atoms with E-state index in [-0.39, 0.29) is 11.5 Å². The maximum absolute atomic E-state index is 12.7. The first-order valence-corrected chi connectivity index (χ1v) is 9.29. The molecule has 2 aromatic heterocycles. The van der Waals surface area contributed by atoms with Crippen LogP contribution in [-0.4, -0.2) is 48.3 Å². The van der Waals surface area contributed by atoms with Crippen LogP contribution in [0, 0.1) is 6.92 Å². The van der Waals surface area contributed by atoms with E-state index in [1.54, 1.807) is 26.4 Å². The average Bonchev–Trinajstić information content (AvgIpc) is 2.72. The van der Waals surface area contributed by atoms with Crippen molar-refractivity contribution in [3.05, 3.63) is 46.4 Å². The summed E-state index contributed by atoms with van der Waals surface area (Å²) in [6, 6.07) is 9.17. The Hall–Kier alpha value is -3.88. The molecule has 0 atom stereocenters. The van der Waals surface area contributed by atoms with Crippen molar-refractivity contribution >= 4 is 39.4 Å². The summed E-state index contributed by atoms with van der Waals surface area (Å²) in [6.07, 6.45) is 0. The van der Waals surface area contributed by atoms with Crippen LogP contribution >= 0.6 is 0 Å². The Bertz CT molecular complexity index is 1320. The standard InChI is InChI=1S/C21H22N6O3/c1-11-12-9-16(29-4)17(30-5)10-14(12)24-20(22-11)26-21-23-13-7-6-8-15(27(2)3)18(13)19(28)25-21/h6-10H,1-5H3,(H2,22,23,24,25,26,28). The molecule has 0 aliphatic carbocycles. The van der Waals surface area contributed by atoms with Crippen LogP contribution in [-0.2, 0) is 0 Å². The summed E-state index contributed by atoms with van der Waals surface area (Å²) in [7, 11) is 6.92. The Labute approximate surface area is 172 Å². The van der Waals surface area contributed by atoms with E-state index in [9.17, 15) is 4.79 Å². The van der Waals surface area contributed by atoms with E-state index in [4.69, 9.17) is 9.47 Å². The van der Waals surface area contributed by atoms with Crippen LogP contribution in [0.3, 0.4) is 0 Å². The third-order valence-corrected chi connectivity index (χ3v) is 4.82. The molecule has 9 heteroatoms. The van der Waals surface area contributed by atoms with Gasteiger partial charge in [0.1, 0.15) is 0 Å². The molecule has 0 aliphatic heterocycles. The molecule has 4 aromatic rings. The molecule has 9 nitrogen and oxygen atoms in total. The van der Waals surface area contributed by atoms with Gasteiger partial charge in [-0.1, -0.05) is 6.07 Å². The molecule has 30 heavy (non-hydrogen) atoms. The lowest BCUT2D eigenvalue weighted by Crippen LogP contribution is -2.17. The molecule has 0 amide bonds. The third-order valence-electron chi connectivity index (χ3n) is 4.82. The zero-order valence-electron chi connectivity index (χ0n) is 17.4. The van der Waals surface area contributed by atoms with E-state index < -0.39 is 0 Å². The molecule has 0 saturated carbocycles. The van der Waals surface area contributed by atoms with Crippen molar-refractivity contribution in [1.82, 2.24) is 19.9 Å². The van der Waals surface area contributed by atoms with Crippen LogP contribution in [0.15, 0.2) is 35.1 Å². The number of aromatic amines is 1. The number of nitrogens with zero attached hydrogens (tertiary/aromatic N) is 4. The fourth-order valence-corrected chi connectivity index (χ4v) is 3.37. The predicted molar refractivity (Wildman–Crippen MR) is 117 cm³/mol. The van der Waals surface area contributed by atoms with Crippen molar-refractivity contribution in [2.24, 2.45) is 0 Å². The van der Waals surface area contributed by atoms with E-state index in [0.717, 1.165) is 16.8 Å². The zero-order valence-corrected chi connectivity index (χ0v) is 17.4. The Balaban J connectivity index is 1.79.